The summed E-state index contributed by atoms with van der Waals surface area (Å²) in [5.41, 5.74) is 1.77. The predicted molar refractivity (Wildman–Crippen MR) is 109 cm³/mol. The molecule has 0 bridgehead atoms. The molecule has 4 amide bonds. The van der Waals surface area contributed by atoms with E-state index in [1.807, 2.05) is 48.5 Å². The fourth-order valence-corrected chi connectivity index (χ4v) is 4.83. The zero-order valence-corrected chi connectivity index (χ0v) is 16.5. The maximum atomic E-state index is 13.3. The average Bonchev–Trinajstić information content (AvgIpc) is 2.99. The summed E-state index contributed by atoms with van der Waals surface area (Å²) in [5, 5.41) is 5.85. The topological polar surface area (TPSA) is 87.7 Å². The summed E-state index contributed by atoms with van der Waals surface area (Å²) >= 11 is 0. The third-order valence-corrected chi connectivity index (χ3v) is 6.25. The number of aryl methyl sites for hydroxylation is 1. The first-order chi connectivity index (χ1) is 14.6. The lowest BCUT2D eigenvalue weighted by Gasteiger charge is -2.33. The SMILES string of the molecule is O=C(CN1C(=O)N[C@@]2(CCCc3ccccc32)C1=O)N[C@H]1CCOc2ccccc21. The summed E-state index contributed by atoms with van der Waals surface area (Å²) in [7, 11) is 0. The van der Waals surface area contributed by atoms with Crippen LogP contribution in [-0.2, 0) is 21.5 Å². The Morgan fingerprint density at radius 1 is 1.17 bits per heavy atom. The number of para-hydroxylation sites is 1. The van der Waals surface area contributed by atoms with Crippen LogP contribution >= 0.6 is 0 Å². The summed E-state index contributed by atoms with van der Waals surface area (Å²) in [6.07, 6.45) is 2.87. The van der Waals surface area contributed by atoms with Gasteiger partial charge in [0.25, 0.3) is 5.91 Å². The Bertz CT molecular complexity index is 1040. The first kappa shape index (κ1) is 18.7. The minimum Gasteiger partial charge on any atom is -0.493 e. The average molecular weight is 405 g/mol. The highest BCUT2D eigenvalue weighted by atomic mass is 16.5. The molecule has 7 nitrogen and oxygen atoms in total. The molecule has 1 saturated heterocycles. The molecule has 7 heteroatoms. The van der Waals surface area contributed by atoms with Gasteiger partial charge in [-0.2, -0.15) is 0 Å². The molecular formula is C23H23N3O4. The number of hydrogen-bond donors (Lipinski definition) is 2. The predicted octanol–water partition coefficient (Wildman–Crippen LogP) is 2.41. The van der Waals surface area contributed by atoms with Gasteiger partial charge in [0.2, 0.25) is 5.91 Å². The Labute approximate surface area is 174 Å². The third-order valence-electron chi connectivity index (χ3n) is 6.25. The first-order valence-electron chi connectivity index (χ1n) is 10.3. The fourth-order valence-electron chi connectivity index (χ4n) is 4.83. The van der Waals surface area contributed by atoms with Gasteiger partial charge in [-0.05, 0) is 36.5 Å². The Morgan fingerprint density at radius 3 is 2.87 bits per heavy atom. The van der Waals surface area contributed by atoms with Crippen LogP contribution in [0.3, 0.4) is 0 Å². The van der Waals surface area contributed by atoms with Crippen LogP contribution in [0.25, 0.3) is 0 Å². The molecule has 1 aliphatic carbocycles. The van der Waals surface area contributed by atoms with E-state index in [1.165, 1.54) is 0 Å². The number of rotatable bonds is 3. The third kappa shape index (κ3) is 2.93. The minimum absolute atomic E-state index is 0.201. The number of nitrogens with zero attached hydrogens (tertiary/aromatic N) is 1. The molecule has 0 unspecified atom stereocenters. The largest absolute Gasteiger partial charge is 0.493 e. The molecule has 2 N–H and O–H groups in total. The van der Waals surface area contributed by atoms with Crippen LogP contribution in [-0.4, -0.2) is 35.9 Å². The second-order valence-corrected chi connectivity index (χ2v) is 8.03. The molecule has 2 aliphatic heterocycles. The monoisotopic (exact) mass is 405 g/mol. The van der Waals surface area contributed by atoms with Crippen LogP contribution in [0.4, 0.5) is 4.79 Å². The van der Waals surface area contributed by atoms with E-state index < -0.39 is 11.6 Å². The Morgan fingerprint density at radius 2 is 1.97 bits per heavy atom. The van der Waals surface area contributed by atoms with Crippen LogP contribution in [0.1, 0.15) is 42.0 Å². The number of benzene rings is 2. The number of nitrogens with one attached hydrogen (secondary N) is 2. The van der Waals surface area contributed by atoms with Crippen molar-refractivity contribution in [2.24, 2.45) is 0 Å². The van der Waals surface area contributed by atoms with Gasteiger partial charge in [-0.1, -0.05) is 42.5 Å². The van der Waals surface area contributed by atoms with Crippen molar-refractivity contribution >= 4 is 17.8 Å². The number of hydrogen-bond acceptors (Lipinski definition) is 4. The molecule has 0 saturated carbocycles. The molecule has 2 aromatic carbocycles. The smallest absolute Gasteiger partial charge is 0.325 e. The number of ether oxygens (including phenoxy) is 1. The van der Waals surface area contributed by atoms with Crippen LogP contribution in [0.2, 0.25) is 0 Å². The normalized spacial score (nSPS) is 24.7. The van der Waals surface area contributed by atoms with E-state index in [-0.39, 0.29) is 24.4 Å². The van der Waals surface area contributed by atoms with E-state index in [0.717, 1.165) is 40.2 Å². The highest BCUT2D eigenvalue weighted by Crippen LogP contribution is 2.40. The fraction of sp³-hybridized carbons (Fsp3) is 0.348. The quantitative estimate of drug-likeness (QED) is 0.768. The number of urea groups is 1. The number of carbonyl (C=O) groups is 3. The summed E-state index contributed by atoms with van der Waals surface area (Å²) in [6, 6.07) is 14.6. The molecule has 30 heavy (non-hydrogen) atoms. The second-order valence-electron chi connectivity index (χ2n) is 8.03. The highest BCUT2D eigenvalue weighted by Gasteiger charge is 2.54. The number of carbonyl (C=O) groups excluding carboxylic acids is 3. The zero-order valence-electron chi connectivity index (χ0n) is 16.5. The standard InChI is InChI=1S/C23H23N3O4/c27-20(24-18-11-13-30-19-10-4-2-8-16(18)19)14-26-21(28)23(25-22(26)29)12-5-7-15-6-1-3-9-17(15)23/h1-4,6,8-10,18H,5,7,11-14H2,(H,24,27)(H,25,29)/t18-,23+/m0/s1. The van der Waals surface area contributed by atoms with Gasteiger partial charge in [-0.25, -0.2) is 4.79 Å². The van der Waals surface area contributed by atoms with Gasteiger partial charge in [-0.3, -0.25) is 14.5 Å². The lowest BCUT2D eigenvalue weighted by atomic mass is 9.76. The van der Waals surface area contributed by atoms with E-state index >= 15 is 0 Å². The van der Waals surface area contributed by atoms with Crippen molar-refractivity contribution in [1.29, 1.82) is 0 Å². The van der Waals surface area contributed by atoms with Gasteiger partial charge in [-0.15, -0.1) is 0 Å². The van der Waals surface area contributed by atoms with Crippen LogP contribution in [0.5, 0.6) is 5.75 Å². The number of imide groups is 1. The lowest BCUT2D eigenvalue weighted by Crippen LogP contribution is -2.47. The molecule has 1 spiro atoms. The summed E-state index contributed by atoms with van der Waals surface area (Å²) < 4.78 is 5.63. The summed E-state index contributed by atoms with van der Waals surface area (Å²) in [6.45, 7) is 0.207. The van der Waals surface area contributed by atoms with Gasteiger partial charge in [0.05, 0.1) is 12.6 Å². The molecule has 3 aliphatic rings. The molecule has 5 rings (SSSR count). The van der Waals surface area contributed by atoms with Gasteiger partial charge in [0.1, 0.15) is 17.8 Å². The van der Waals surface area contributed by atoms with E-state index in [9.17, 15) is 14.4 Å². The number of fused-ring (bicyclic) bond motifs is 3. The number of amides is 4. The Kier molecular flexibility index (Phi) is 4.46. The van der Waals surface area contributed by atoms with E-state index in [4.69, 9.17) is 4.74 Å². The maximum absolute atomic E-state index is 13.3. The highest BCUT2D eigenvalue weighted by molar-refractivity contribution is 6.09. The van der Waals surface area contributed by atoms with Crippen molar-refractivity contribution in [2.45, 2.75) is 37.3 Å². The maximum Gasteiger partial charge on any atom is 0.325 e. The molecule has 0 radical (unpaired) electrons. The molecule has 1 fully saturated rings. The molecule has 2 atom stereocenters. The van der Waals surface area contributed by atoms with Crippen molar-refractivity contribution < 1.29 is 19.1 Å². The van der Waals surface area contributed by atoms with E-state index in [0.29, 0.717) is 19.4 Å². The van der Waals surface area contributed by atoms with E-state index in [2.05, 4.69) is 10.6 Å². The molecule has 2 aromatic rings. The van der Waals surface area contributed by atoms with Gasteiger partial charge in [0.15, 0.2) is 0 Å². The van der Waals surface area contributed by atoms with Crippen molar-refractivity contribution in [3.05, 3.63) is 65.2 Å². The van der Waals surface area contributed by atoms with Crippen molar-refractivity contribution in [2.75, 3.05) is 13.2 Å². The van der Waals surface area contributed by atoms with E-state index in [1.54, 1.807) is 0 Å². The van der Waals surface area contributed by atoms with Gasteiger partial charge >= 0.3 is 6.03 Å². The van der Waals surface area contributed by atoms with Crippen LogP contribution in [0.15, 0.2) is 48.5 Å². The van der Waals surface area contributed by atoms with Crippen molar-refractivity contribution in [3.63, 3.8) is 0 Å². The van der Waals surface area contributed by atoms with Crippen LogP contribution in [0, 0.1) is 0 Å². The summed E-state index contributed by atoms with van der Waals surface area (Å²) in [4.78, 5) is 39.8. The zero-order chi connectivity index (χ0) is 20.7. The second kappa shape index (κ2) is 7.16. The Hall–Kier alpha value is -3.35. The molecule has 0 aromatic heterocycles. The molecular weight excluding hydrogens is 382 g/mol. The van der Waals surface area contributed by atoms with Crippen molar-refractivity contribution in [1.82, 2.24) is 15.5 Å². The minimum atomic E-state index is -1.06. The molecule has 154 valence electrons. The van der Waals surface area contributed by atoms with Crippen LogP contribution < -0.4 is 15.4 Å². The van der Waals surface area contributed by atoms with Crippen molar-refractivity contribution in [3.8, 4) is 5.75 Å². The lowest BCUT2D eigenvalue weighted by molar-refractivity contribution is -0.136. The Balaban J connectivity index is 1.34. The van der Waals surface area contributed by atoms with Gasteiger partial charge < -0.3 is 15.4 Å². The van der Waals surface area contributed by atoms with Gasteiger partial charge in [0, 0.05) is 12.0 Å². The summed E-state index contributed by atoms with van der Waals surface area (Å²) in [5.74, 6) is 0.0466. The molecule has 2 heterocycles. The first-order valence-corrected chi connectivity index (χ1v) is 10.3.